The van der Waals surface area contributed by atoms with Crippen molar-refractivity contribution in [3.8, 4) is 0 Å². The summed E-state index contributed by atoms with van der Waals surface area (Å²) in [6.07, 6.45) is 3.44. The first kappa shape index (κ1) is 25.1. The van der Waals surface area contributed by atoms with Gasteiger partial charge in [0, 0.05) is 26.0 Å². The van der Waals surface area contributed by atoms with Gasteiger partial charge in [-0.25, -0.2) is 13.4 Å². The fourth-order valence-electron chi connectivity index (χ4n) is 2.33. The van der Waals surface area contributed by atoms with E-state index in [4.69, 9.17) is 4.74 Å². The van der Waals surface area contributed by atoms with Crippen LogP contribution in [-0.2, 0) is 21.1 Å². The number of halogens is 1. The van der Waals surface area contributed by atoms with Crippen LogP contribution in [0.3, 0.4) is 0 Å². The predicted octanol–water partition coefficient (Wildman–Crippen LogP) is 2.89. The second-order valence-electron chi connectivity index (χ2n) is 5.96. The molecule has 0 fully saturated rings. The van der Waals surface area contributed by atoms with Gasteiger partial charge in [0.25, 0.3) is 0 Å². The number of hydrogen-bond acceptors (Lipinski definition) is 4. The van der Waals surface area contributed by atoms with Gasteiger partial charge < -0.3 is 15.4 Å². The number of nitrogens with one attached hydrogen (secondary N) is 2. The maximum Gasteiger partial charge on any atom is 0.191 e. The lowest BCUT2D eigenvalue weighted by atomic mass is 10.1. The van der Waals surface area contributed by atoms with Crippen molar-refractivity contribution in [2.45, 2.75) is 45.1 Å². The van der Waals surface area contributed by atoms with Gasteiger partial charge in [-0.3, -0.25) is 0 Å². The van der Waals surface area contributed by atoms with Gasteiger partial charge in [0.15, 0.2) is 15.8 Å². The molecule has 0 bridgehead atoms. The van der Waals surface area contributed by atoms with E-state index < -0.39 is 9.84 Å². The summed E-state index contributed by atoms with van der Waals surface area (Å²) in [5, 5.41) is 6.43. The first-order valence-electron chi connectivity index (χ1n) is 8.78. The largest absolute Gasteiger partial charge is 0.380 e. The van der Waals surface area contributed by atoms with E-state index >= 15 is 0 Å². The number of ether oxygens (including phenoxy) is 1. The topological polar surface area (TPSA) is 79.8 Å². The summed E-state index contributed by atoms with van der Waals surface area (Å²) in [6, 6.07) is 5.33. The standard InChI is InChI=1S/C18H31N3O3S.HI/c1-5-7-11-24-12-10-20-18(19-6-2)21-14-16-8-9-17(15(3)13-16)25(4,22)23;/h8-9,13H,5-7,10-12,14H2,1-4H3,(H2,19,20,21);1H. The normalized spacial score (nSPS) is 11.8. The molecule has 0 aliphatic heterocycles. The second kappa shape index (κ2) is 13.3. The summed E-state index contributed by atoms with van der Waals surface area (Å²) < 4.78 is 28.9. The monoisotopic (exact) mass is 497 g/mol. The number of unbranched alkanes of at least 4 members (excludes halogenated alkanes) is 1. The molecule has 0 radical (unpaired) electrons. The van der Waals surface area contributed by atoms with Gasteiger partial charge in [-0.2, -0.15) is 0 Å². The first-order valence-corrected chi connectivity index (χ1v) is 10.7. The van der Waals surface area contributed by atoms with Gasteiger partial charge in [0.2, 0.25) is 0 Å². The molecular weight excluding hydrogens is 465 g/mol. The van der Waals surface area contributed by atoms with E-state index in [0.717, 1.165) is 43.1 Å². The molecule has 1 aromatic carbocycles. The Balaban J connectivity index is 0.00000625. The van der Waals surface area contributed by atoms with Crippen molar-refractivity contribution in [3.63, 3.8) is 0 Å². The highest BCUT2D eigenvalue weighted by Crippen LogP contribution is 2.17. The Morgan fingerprint density at radius 3 is 2.50 bits per heavy atom. The Hall–Kier alpha value is -0.870. The SMILES string of the molecule is CCCCOCCNC(=NCc1ccc(S(C)(=O)=O)c(C)c1)NCC.I. The predicted molar refractivity (Wildman–Crippen MR) is 118 cm³/mol. The summed E-state index contributed by atoms with van der Waals surface area (Å²) in [4.78, 5) is 4.91. The lowest BCUT2D eigenvalue weighted by Gasteiger charge is -2.12. The molecule has 6 nitrogen and oxygen atoms in total. The molecule has 0 aromatic heterocycles. The van der Waals surface area contributed by atoms with E-state index in [2.05, 4.69) is 22.5 Å². The maximum atomic E-state index is 11.7. The molecule has 1 aromatic rings. The Morgan fingerprint density at radius 2 is 1.92 bits per heavy atom. The average Bonchev–Trinajstić information content (AvgIpc) is 2.54. The minimum atomic E-state index is -3.19. The van der Waals surface area contributed by atoms with Crippen LogP contribution < -0.4 is 10.6 Å². The number of aliphatic imine (C=N–C) groups is 1. The molecule has 0 heterocycles. The van der Waals surface area contributed by atoms with Crippen LogP contribution in [0, 0.1) is 6.92 Å². The number of aryl methyl sites for hydroxylation is 1. The van der Waals surface area contributed by atoms with Crippen molar-refractivity contribution in [1.82, 2.24) is 10.6 Å². The van der Waals surface area contributed by atoms with Gasteiger partial charge in [0.1, 0.15) is 0 Å². The smallest absolute Gasteiger partial charge is 0.191 e. The quantitative estimate of drug-likeness (QED) is 0.225. The summed E-state index contributed by atoms with van der Waals surface area (Å²) in [7, 11) is -3.19. The Labute approximate surface area is 175 Å². The third-order valence-electron chi connectivity index (χ3n) is 3.58. The van der Waals surface area contributed by atoms with Crippen LogP contribution in [0.1, 0.15) is 37.8 Å². The van der Waals surface area contributed by atoms with Crippen LogP contribution in [0.4, 0.5) is 0 Å². The van der Waals surface area contributed by atoms with Crippen molar-refractivity contribution >= 4 is 39.8 Å². The second-order valence-corrected chi connectivity index (χ2v) is 7.94. The molecule has 1 rings (SSSR count). The highest BCUT2D eigenvalue weighted by molar-refractivity contribution is 14.0. The maximum absolute atomic E-state index is 11.7. The molecule has 0 unspecified atom stereocenters. The van der Waals surface area contributed by atoms with Crippen molar-refractivity contribution in [1.29, 1.82) is 0 Å². The summed E-state index contributed by atoms with van der Waals surface area (Å²) in [5.74, 6) is 0.728. The molecule has 8 heteroatoms. The summed E-state index contributed by atoms with van der Waals surface area (Å²) in [5.41, 5.74) is 1.72. The number of benzene rings is 1. The highest BCUT2D eigenvalue weighted by Gasteiger charge is 2.10. The van der Waals surface area contributed by atoms with Crippen molar-refractivity contribution in [2.75, 3.05) is 32.6 Å². The van der Waals surface area contributed by atoms with Crippen LogP contribution >= 0.6 is 24.0 Å². The lowest BCUT2D eigenvalue weighted by molar-refractivity contribution is 0.136. The number of sulfone groups is 1. The molecule has 150 valence electrons. The zero-order chi connectivity index (χ0) is 18.7. The molecule has 2 N–H and O–H groups in total. The molecule has 0 aliphatic rings. The van der Waals surface area contributed by atoms with Crippen LogP contribution in [-0.4, -0.2) is 46.9 Å². The van der Waals surface area contributed by atoms with E-state index in [1.807, 2.05) is 19.1 Å². The van der Waals surface area contributed by atoms with E-state index in [-0.39, 0.29) is 24.0 Å². The van der Waals surface area contributed by atoms with Gasteiger partial charge in [-0.15, -0.1) is 24.0 Å². The number of nitrogens with zero attached hydrogens (tertiary/aromatic N) is 1. The van der Waals surface area contributed by atoms with Gasteiger partial charge in [-0.05, 0) is 37.5 Å². The third kappa shape index (κ3) is 9.72. The van der Waals surface area contributed by atoms with Crippen molar-refractivity contribution in [2.24, 2.45) is 4.99 Å². The zero-order valence-electron chi connectivity index (χ0n) is 16.2. The van der Waals surface area contributed by atoms with Crippen LogP contribution in [0.5, 0.6) is 0 Å². The molecule has 0 amide bonds. The number of rotatable bonds is 10. The van der Waals surface area contributed by atoms with Crippen LogP contribution in [0.25, 0.3) is 0 Å². The van der Waals surface area contributed by atoms with Gasteiger partial charge in [0.05, 0.1) is 18.0 Å². The third-order valence-corrected chi connectivity index (χ3v) is 4.84. The molecule has 26 heavy (non-hydrogen) atoms. The Kier molecular flexibility index (Phi) is 12.9. The lowest BCUT2D eigenvalue weighted by Crippen LogP contribution is -2.39. The minimum Gasteiger partial charge on any atom is -0.380 e. The Bertz CT molecular complexity index is 664. The van der Waals surface area contributed by atoms with Gasteiger partial charge in [-0.1, -0.05) is 25.5 Å². The van der Waals surface area contributed by atoms with Gasteiger partial charge >= 0.3 is 0 Å². The molecule has 0 spiro atoms. The fourth-order valence-corrected chi connectivity index (χ4v) is 3.29. The molecule has 0 saturated heterocycles. The molecule has 0 saturated carbocycles. The van der Waals surface area contributed by atoms with E-state index in [1.165, 1.54) is 6.26 Å². The van der Waals surface area contributed by atoms with E-state index in [1.54, 1.807) is 13.0 Å². The molecular formula is C18H32IN3O3S. The van der Waals surface area contributed by atoms with Crippen LogP contribution in [0.2, 0.25) is 0 Å². The number of guanidine groups is 1. The Morgan fingerprint density at radius 1 is 1.19 bits per heavy atom. The minimum absolute atomic E-state index is 0. The molecule has 0 atom stereocenters. The molecule has 0 aliphatic carbocycles. The van der Waals surface area contributed by atoms with E-state index in [9.17, 15) is 8.42 Å². The summed E-state index contributed by atoms with van der Waals surface area (Å²) in [6.45, 7) is 9.35. The average molecular weight is 497 g/mol. The highest BCUT2D eigenvalue weighted by atomic mass is 127. The van der Waals surface area contributed by atoms with Crippen molar-refractivity contribution in [3.05, 3.63) is 29.3 Å². The van der Waals surface area contributed by atoms with Crippen LogP contribution in [0.15, 0.2) is 28.1 Å². The zero-order valence-corrected chi connectivity index (χ0v) is 19.3. The fraction of sp³-hybridized carbons (Fsp3) is 0.611. The van der Waals surface area contributed by atoms with Crippen molar-refractivity contribution < 1.29 is 13.2 Å². The van der Waals surface area contributed by atoms with E-state index in [0.29, 0.717) is 24.6 Å². The summed E-state index contributed by atoms with van der Waals surface area (Å²) >= 11 is 0. The first-order chi connectivity index (χ1) is 11.9. The number of hydrogen-bond donors (Lipinski definition) is 2.